The molecule has 1 amide bonds. The van der Waals surface area contributed by atoms with Crippen LogP contribution in [0.15, 0.2) is 48.5 Å². The van der Waals surface area contributed by atoms with Crippen molar-refractivity contribution in [2.45, 2.75) is 13.0 Å². The van der Waals surface area contributed by atoms with E-state index in [4.69, 9.17) is 32.7 Å². The van der Waals surface area contributed by atoms with E-state index < -0.39 is 24.6 Å². The van der Waals surface area contributed by atoms with Crippen LogP contribution >= 0.6 is 23.2 Å². The molecule has 0 saturated heterocycles. The third-order valence-electron chi connectivity index (χ3n) is 2.88. The van der Waals surface area contributed by atoms with Crippen LogP contribution in [-0.4, -0.2) is 24.6 Å². The Kier molecular flexibility index (Phi) is 6.46. The van der Waals surface area contributed by atoms with Gasteiger partial charge in [0.05, 0.1) is 0 Å². The number of amides is 1. The van der Waals surface area contributed by atoms with E-state index in [1.54, 1.807) is 37.3 Å². The number of hydrogen-bond acceptors (Lipinski definition) is 4. The van der Waals surface area contributed by atoms with Crippen molar-refractivity contribution in [3.8, 4) is 5.75 Å². The number of anilines is 1. The molecule has 2 aromatic rings. The van der Waals surface area contributed by atoms with Crippen LogP contribution in [0.2, 0.25) is 10.0 Å². The Balaban J connectivity index is 1.81. The Morgan fingerprint density at radius 3 is 2.33 bits per heavy atom. The summed E-state index contributed by atoms with van der Waals surface area (Å²) in [5, 5.41) is 3.32. The number of hydrogen-bond donors (Lipinski definition) is 1. The first-order valence-corrected chi connectivity index (χ1v) is 7.84. The molecular formula is C17H15Cl2NO4. The number of esters is 1. The zero-order valence-corrected chi connectivity index (χ0v) is 14.3. The molecule has 1 N–H and O–H groups in total. The summed E-state index contributed by atoms with van der Waals surface area (Å²) in [6, 6.07) is 13.5. The van der Waals surface area contributed by atoms with E-state index in [1.165, 1.54) is 12.1 Å². The molecule has 0 saturated carbocycles. The minimum absolute atomic E-state index is 0.389. The van der Waals surface area contributed by atoms with E-state index >= 15 is 0 Å². The third-order valence-corrected chi connectivity index (χ3v) is 3.32. The minimum atomic E-state index is -0.833. The molecule has 7 heteroatoms. The van der Waals surface area contributed by atoms with E-state index in [0.29, 0.717) is 21.5 Å². The van der Waals surface area contributed by atoms with Crippen molar-refractivity contribution in [3.63, 3.8) is 0 Å². The summed E-state index contributed by atoms with van der Waals surface area (Å²) < 4.78 is 10.3. The Morgan fingerprint density at radius 1 is 1.08 bits per heavy atom. The van der Waals surface area contributed by atoms with Crippen LogP contribution in [0, 0.1) is 0 Å². The van der Waals surface area contributed by atoms with Crippen molar-refractivity contribution < 1.29 is 19.1 Å². The number of ether oxygens (including phenoxy) is 2. The second-order valence-electron chi connectivity index (χ2n) is 4.89. The quantitative estimate of drug-likeness (QED) is 0.785. The number of para-hydroxylation sites is 1. The van der Waals surface area contributed by atoms with Crippen molar-refractivity contribution >= 4 is 40.8 Å². The van der Waals surface area contributed by atoms with Gasteiger partial charge in [0, 0.05) is 15.7 Å². The van der Waals surface area contributed by atoms with E-state index in [2.05, 4.69) is 5.32 Å². The monoisotopic (exact) mass is 367 g/mol. The van der Waals surface area contributed by atoms with Crippen LogP contribution in [-0.2, 0) is 14.3 Å². The fourth-order valence-corrected chi connectivity index (χ4v) is 2.35. The van der Waals surface area contributed by atoms with Crippen LogP contribution in [0.5, 0.6) is 5.75 Å². The normalized spacial score (nSPS) is 11.5. The van der Waals surface area contributed by atoms with Crippen LogP contribution in [0.4, 0.5) is 5.69 Å². The fourth-order valence-electron chi connectivity index (χ4n) is 1.83. The molecule has 5 nitrogen and oxygen atoms in total. The Morgan fingerprint density at radius 2 is 1.71 bits per heavy atom. The van der Waals surface area contributed by atoms with Crippen LogP contribution < -0.4 is 10.1 Å². The highest BCUT2D eigenvalue weighted by Gasteiger charge is 2.17. The number of carbonyl (C=O) groups excluding carboxylic acids is 2. The van der Waals surface area contributed by atoms with Gasteiger partial charge in [-0.2, -0.15) is 0 Å². The fraction of sp³-hybridized carbons (Fsp3) is 0.176. The molecule has 0 unspecified atom stereocenters. The van der Waals surface area contributed by atoms with Crippen molar-refractivity contribution in [2.75, 3.05) is 11.9 Å². The molecule has 0 spiro atoms. The highest BCUT2D eigenvalue weighted by molar-refractivity contribution is 6.35. The van der Waals surface area contributed by atoms with Crippen LogP contribution in [0.25, 0.3) is 0 Å². The first-order chi connectivity index (χ1) is 11.4. The summed E-state index contributed by atoms with van der Waals surface area (Å²) in [7, 11) is 0. The highest BCUT2D eigenvalue weighted by Crippen LogP contribution is 2.22. The average molecular weight is 368 g/mol. The lowest BCUT2D eigenvalue weighted by molar-refractivity contribution is -0.153. The molecule has 0 heterocycles. The molecule has 24 heavy (non-hydrogen) atoms. The second kappa shape index (κ2) is 8.57. The van der Waals surface area contributed by atoms with Gasteiger partial charge in [-0.1, -0.05) is 41.4 Å². The Hall–Kier alpha value is -2.24. The molecule has 2 rings (SSSR count). The lowest BCUT2D eigenvalue weighted by atomic mass is 10.3. The SMILES string of the molecule is C[C@@H](Oc1ccccc1)C(=O)OCC(=O)Nc1cc(Cl)cc(Cl)c1. The smallest absolute Gasteiger partial charge is 0.347 e. The summed E-state index contributed by atoms with van der Waals surface area (Å²) in [5.74, 6) is -0.605. The highest BCUT2D eigenvalue weighted by atomic mass is 35.5. The van der Waals surface area contributed by atoms with Gasteiger partial charge in [-0.3, -0.25) is 4.79 Å². The second-order valence-corrected chi connectivity index (χ2v) is 5.76. The Bertz CT molecular complexity index is 702. The molecule has 0 aliphatic heterocycles. The predicted molar refractivity (Wildman–Crippen MR) is 92.6 cm³/mol. The topological polar surface area (TPSA) is 64.6 Å². The molecule has 2 aromatic carbocycles. The predicted octanol–water partition coefficient (Wildman–Crippen LogP) is 3.94. The third kappa shape index (κ3) is 5.76. The largest absolute Gasteiger partial charge is 0.479 e. The van der Waals surface area contributed by atoms with E-state index in [9.17, 15) is 9.59 Å². The first-order valence-electron chi connectivity index (χ1n) is 7.08. The summed E-state index contributed by atoms with van der Waals surface area (Å²) in [4.78, 5) is 23.6. The van der Waals surface area contributed by atoms with Gasteiger partial charge in [0.2, 0.25) is 0 Å². The molecule has 0 aliphatic carbocycles. The molecule has 0 aliphatic rings. The summed E-state index contributed by atoms with van der Waals surface area (Å²) >= 11 is 11.7. The summed E-state index contributed by atoms with van der Waals surface area (Å²) in [6.07, 6.45) is -0.833. The molecule has 1 atom stereocenters. The van der Waals surface area contributed by atoms with Gasteiger partial charge in [-0.05, 0) is 37.3 Å². The number of carbonyl (C=O) groups is 2. The Labute approximate surface area is 149 Å². The molecule has 0 fully saturated rings. The molecule has 0 radical (unpaired) electrons. The number of nitrogens with one attached hydrogen (secondary N) is 1. The van der Waals surface area contributed by atoms with Crippen molar-refractivity contribution in [1.29, 1.82) is 0 Å². The lowest BCUT2D eigenvalue weighted by Gasteiger charge is -2.14. The maximum absolute atomic E-state index is 11.8. The molecular weight excluding hydrogens is 353 g/mol. The van der Waals surface area contributed by atoms with E-state index in [-0.39, 0.29) is 0 Å². The first kappa shape index (κ1) is 18.1. The summed E-state index contributed by atoms with van der Waals surface area (Å²) in [6.45, 7) is 1.11. The zero-order chi connectivity index (χ0) is 17.5. The van der Waals surface area contributed by atoms with Crippen LogP contribution in [0.1, 0.15) is 6.92 Å². The van der Waals surface area contributed by atoms with Crippen LogP contribution in [0.3, 0.4) is 0 Å². The standard InChI is InChI=1S/C17H15Cl2NO4/c1-11(24-15-5-3-2-4-6-15)17(22)23-10-16(21)20-14-8-12(18)7-13(19)9-14/h2-9,11H,10H2,1H3,(H,20,21)/t11-/m1/s1. The maximum atomic E-state index is 11.8. The van der Waals surface area contributed by atoms with Gasteiger partial charge in [-0.25, -0.2) is 4.79 Å². The molecule has 0 bridgehead atoms. The van der Waals surface area contributed by atoms with Crippen molar-refractivity contribution in [1.82, 2.24) is 0 Å². The maximum Gasteiger partial charge on any atom is 0.347 e. The minimum Gasteiger partial charge on any atom is -0.479 e. The zero-order valence-electron chi connectivity index (χ0n) is 12.8. The van der Waals surface area contributed by atoms with E-state index in [0.717, 1.165) is 0 Å². The van der Waals surface area contributed by atoms with Gasteiger partial charge in [-0.15, -0.1) is 0 Å². The van der Waals surface area contributed by atoms with Gasteiger partial charge < -0.3 is 14.8 Å². The number of benzene rings is 2. The van der Waals surface area contributed by atoms with Gasteiger partial charge >= 0.3 is 5.97 Å². The molecule has 126 valence electrons. The van der Waals surface area contributed by atoms with Gasteiger partial charge in [0.15, 0.2) is 12.7 Å². The average Bonchev–Trinajstić information content (AvgIpc) is 2.52. The van der Waals surface area contributed by atoms with E-state index in [1.807, 2.05) is 6.07 Å². The van der Waals surface area contributed by atoms with Crippen molar-refractivity contribution in [2.24, 2.45) is 0 Å². The van der Waals surface area contributed by atoms with Gasteiger partial charge in [0.1, 0.15) is 5.75 Å². The number of rotatable bonds is 6. The number of halogens is 2. The lowest BCUT2D eigenvalue weighted by Crippen LogP contribution is -2.29. The van der Waals surface area contributed by atoms with Gasteiger partial charge in [0.25, 0.3) is 5.91 Å². The summed E-state index contributed by atoms with van der Waals surface area (Å²) in [5.41, 5.74) is 0.419. The molecule has 0 aromatic heterocycles. The van der Waals surface area contributed by atoms with Crippen molar-refractivity contribution in [3.05, 3.63) is 58.6 Å².